The standard InChI is InChI=1S/C14H24N2O3/c1-2-19-14(18)11-3-5-12(6-4-11)16-9-10(8-15)7-13(16)17/h10-12H,2-9,15H2,1H3. The van der Waals surface area contributed by atoms with Crippen molar-refractivity contribution in [1.29, 1.82) is 0 Å². The van der Waals surface area contributed by atoms with Crippen molar-refractivity contribution in [3.05, 3.63) is 0 Å². The van der Waals surface area contributed by atoms with E-state index in [0.29, 0.717) is 31.5 Å². The van der Waals surface area contributed by atoms with Crippen LogP contribution >= 0.6 is 0 Å². The Balaban J connectivity index is 1.83. The summed E-state index contributed by atoms with van der Waals surface area (Å²) in [5.41, 5.74) is 5.64. The van der Waals surface area contributed by atoms with Gasteiger partial charge in [0.15, 0.2) is 0 Å². The van der Waals surface area contributed by atoms with E-state index >= 15 is 0 Å². The van der Waals surface area contributed by atoms with Crippen molar-refractivity contribution >= 4 is 11.9 Å². The van der Waals surface area contributed by atoms with Gasteiger partial charge in [-0.3, -0.25) is 9.59 Å². The molecule has 1 heterocycles. The zero-order chi connectivity index (χ0) is 13.8. The molecule has 19 heavy (non-hydrogen) atoms. The molecule has 1 atom stereocenters. The van der Waals surface area contributed by atoms with E-state index in [4.69, 9.17) is 10.5 Å². The highest BCUT2D eigenvalue weighted by molar-refractivity contribution is 5.79. The van der Waals surface area contributed by atoms with Gasteiger partial charge in [-0.15, -0.1) is 0 Å². The Morgan fingerprint density at radius 3 is 2.58 bits per heavy atom. The molecule has 2 rings (SSSR count). The first-order valence-corrected chi connectivity index (χ1v) is 7.31. The van der Waals surface area contributed by atoms with Crippen LogP contribution in [0, 0.1) is 11.8 Å². The van der Waals surface area contributed by atoms with Crippen LogP contribution in [0.25, 0.3) is 0 Å². The summed E-state index contributed by atoms with van der Waals surface area (Å²) in [4.78, 5) is 25.6. The van der Waals surface area contributed by atoms with Crippen molar-refractivity contribution < 1.29 is 14.3 Å². The van der Waals surface area contributed by atoms with Crippen LogP contribution in [0.1, 0.15) is 39.0 Å². The topological polar surface area (TPSA) is 72.6 Å². The summed E-state index contributed by atoms with van der Waals surface area (Å²) in [5, 5.41) is 0. The number of ether oxygens (including phenoxy) is 1. The Kier molecular flexibility index (Phi) is 4.80. The van der Waals surface area contributed by atoms with Gasteiger partial charge in [-0.25, -0.2) is 0 Å². The van der Waals surface area contributed by atoms with Crippen LogP contribution in [0.2, 0.25) is 0 Å². The number of likely N-dealkylation sites (tertiary alicyclic amines) is 1. The summed E-state index contributed by atoms with van der Waals surface area (Å²) in [7, 11) is 0. The lowest BCUT2D eigenvalue weighted by Crippen LogP contribution is -2.40. The zero-order valence-corrected chi connectivity index (χ0v) is 11.6. The van der Waals surface area contributed by atoms with Crippen LogP contribution in [-0.4, -0.2) is 42.5 Å². The summed E-state index contributed by atoms with van der Waals surface area (Å²) in [6.07, 6.45) is 4.08. The molecule has 108 valence electrons. The molecule has 0 bridgehead atoms. The van der Waals surface area contributed by atoms with E-state index in [1.54, 1.807) is 0 Å². The highest BCUT2D eigenvalue weighted by Crippen LogP contribution is 2.31. The molecule has 2 N–H and O–H groups in total. The second kappa shape index (κ2) is 6.37. The molecule has 5 nitrogen and oxygen atoms in total. The van der Waals surface area contributed by atoms with Crippen molar-refractivity contribution in [2.45, 2.75) is 45.1 Å². The minimum atomic E-state index is -0.0754. The molecule has 1 saturated carbocycles. The number of rotatable bonds is 4. The predicted molar refractivity (Wildman–Crippen MR) is 71.3 cm³/mol. The number of carbonyl (C=O) groups excluding carboxylic acids is 2. The van der Waals surface area contributed by atoms with Gasteiger partial charge >= 0.3 is 5.97 Å². The fourth-order valence-electron chi connectivity index (χ4n) is 3.20. The van der Waals surface area contributed by atoms with Crippen molar-refractivity contribution in [1.82, 2.24) is 4.90 Å². The maximum Gasteiger partial charge on any atom is 0.308 e. The van der Waals surface area contributed by atoms with Crippen LogP contribution in [0.3, 0.4) is 0 Å². The molecule has 1 aliphatic carbocycles. The predicted octanol–water partition coefficient (Wildman–Crippen LogP) is 0.915. The van der Waals surface area contributed by atoms with Gasteiger partial charge < -0.3 is 15.4 Å². The molecule has 2 aliphatic rings. The maximum absolute atomic E-state index is 11.9. The monoisotopic (exact) mass is 268 g/mol. The van der Waals surface area contributed by atoms with Gasteiger partial charge in [0.25, 0.3) is 0 Å². The molecule has 0 aromatic carbocycles. The first-order valence-electron chi connectivity index (χ1n) is 7.31. The van der Waals surface area contributed by atoms with Gasteiger partial charge in [0, 0.05) is 19.0 Å². The van der Waals surface area contributed by atoms with Crippen LogP contribution in [0.15, 0.2) is 0 Å². The van der Waals surface area contributed by atoms with Gasteiger partial charge in [0.05, 0.1) is 12.5 Å². The Morgan fingerprint density at radius 2 is 2.05 bits per heavy atom. The summed E-state index contributed by atoms with van der Waals surface area (Å²) in [5.74, 6) is 0.498. The fourth-order valence-corrected chi connectivity index (χ4v) is 3.20. The Hall–Kier alpha value is -1.10. The van der Waals surface area contributed by atoms with Crippen LogP contribution in [0.5, 0.6) is 0 Å². The fraction of sp³-hybridized carbons (Fsp3) is 0.857. The summed E-state index contributed by atoms with van der Waals surface area (Å²) >= 11 is 0. The molecular formula is C14H24N2O3. The van der Waals surface area contributed by atoms with Crippen molar-refractivity contribution in [2.75, 3.05) is 19.7 Å². The maximum atomic E-state index is 11.9. The van der Waals surface area contributed by atoms with Crippen molar-refractivity contribution in [3.8, 4) is 0 Å². The number of esters is 1. The lowest BCUT2D eigenvalue weighted by molar-refractivity contribution is -0.149. The Bertz CT molecular complexity index is 338. The minimum Gasteiger partial charge on any atom is -0.466 e. The third-order valence-corrected chi connectivity index (χ3v) is 4.33. The van der Waals surface area contributed by atoms with E-state index < -0.39 is 0 Å². The minimum absolute atomic E-state index is 0.0270. The van der Waals surface area contributed by atoms with E-state index in [9.17, 15) is 9.59 Å². The summed E-state index contributed by atoms with van der Waals surface area (Å²) < 4.78 is 5.06. The molecular weight excluding hydrogens is 244 g/mol. The Labute approximate surface area is 114 Å². The number of hydrogen-bond acceptors (Lipinski definition) is 4. The van der Waals surface area contributed by atoms with Crippen molar-refractivity contribution in [2.24, 2.45) is 17.6 Å². The highest BCUT2D eigenvalue weighted by atomic mass is 16.5. The van der Waals surface area contributed by atoms with E-state index in [1.165, 1.54) is 0 Å². The van der Waals surface area contributed by atoms with Gasteiger partial charge in [-0.05, 0) is 45.1 Å². The normalized spacial score (nSPS) is 31.6. The molecule has 5 heteroatoms. The van der Waals surface area contributed by atoms with E-state index in [2.05, 4.69) is 0 Å². The molecule has 2 fully saturated rings. The SMILES string of the molecule is CCOC(=O)C1CCC(N2CC(CN)CC2=O)CC1. The summed E-state index contributed by atoms with van der Waals surface area (Å²) in [6, 6.07) is 0.301. The van der Waals surface area contributed by atoms with E-state index in [0.717, 1.165) is 32.2 Å². The van der Waals surface area contributed by atoms with Crippen LogP contribution in [-0.2, 0) is 14.3 Å². The molecule has 1 aliphatic heterocycles. The lowest BCUT2D eigenvalue weighted by Gasteiger charge is -2.34. The van der Waals surface area contributed by atoms with Gasteiger partial charge in [-0.1, -0.05) is 0 Å². The quantitative estimate of drug-likeness (QED) is 0.769. The number of nitrogens with zero attached hydrogens (tertiary/aromatic N) is 1. The second-order valence-electron chi connectivity index (χ2n) is 5.61. The van der Waals surface area contributed by atoms with Crippen LogP contribution < -0.4 is 5.73 Å². The van der Waals surface area contributed by atoms with E-state index in [1.807, 2.05) is 11.8 Å². The lowest BCUT2D eigenvalue weighted by atomic mass is 9.85. The third kappa shape index (κ3) is 3.26. The molecule has 1 unspecified atom stereocenters. The third-order valence-electron chi connectivity index (χ3n) is 4.33. The molecule has 0 spiro atoms. The average Bonchev–Trinajstić information content (AvgIpc) is 2.80. The first-order chi connectivity index (χ1) is 9.15. The number of carbonyl (C=O) groups is 2. The zero-order valence-electron chi connectivity index (χ0n) is 11.6. The largest absolute Gasteiger partial charge is 0.466 e. The average molecular weight is 268 g/mol. The molecule has 1 amide bonds. The second-order valence-corrected chi connectivity index (χ2v) is 5.61. The van der Waals surface area contributed by atoms with Gasteiger partial charge in [-0.2, -0.15) is 0 Å². The summed E-state index contributed by atoms with van der Waals surface area (Å²) in [6.45, 7) is 3.66. The van der Waals surface area contributed by atoms with E-state index in [-0.39, 0.29) is 17.8 Å². The van der Waals surface area contributed by atoms with Crippen LogP contribution in [0.4, 0.5) is 0 Å². The highest BCUT2D eigenvalue weighted by Gasteiger charge is 2.36. The first kappa shape index (κ1) is 14.3. The number of hydrogen-bond donors (Lipinski definition) is 1. The smallest absolute Gasteiger partial charge is 0.308 e. The Morgan fingerprint density at radius 1 is 1.37 bits per heavy atom. The van der Waals surface area contributed by atoms with Crippen molar-refractivity contribution in [3.63, 3.8) is 0 Å². The van der Waals surface area contributed by atoms with Gasteiger partial charge in [0.2, 0.25) is 5.91 Å². The molecule has 0 aromatic heterocycles. The molecule has 1 saturated heterocycles. The number of nitrogens with two attached hydrogens (primary N) is 1. The molecule has 0 radical (unpaired) electrons. The molecule has 0 aromatic rings. The number of amides is 1. The van der Waals surface area contributed by atoms with Gasteiger partial charge in [0.1, 0.15) is 0 Å².